The molecule has 0 N–H and O–H groups in total. The van der Waals surface area contributed by atoms with E-state index in [4.69, 9.17) is 4.74 Å². The number of unbranched alkanes of at least 4 members (excludes halogenated alkanes) is 2. The van der Waals surface area contributed by atoms with Gasteiger partial charge >= 0.3 is 5.97 Å². The average molecular weight is 306 g/mol. The summed E-state index contributed by atoms with van der Waals surface area (Å²) in [5.41, 5.74) is 0. The van der Waals surface area contributed by atoms with Crippen molar-refractivity contribution in [2.75, 3.05) is 12.4 Å². The van der Waals surface area contributed by atoms with Crippen LogP contribution in [-0.2, 0) is 9.53 Å². The molecule has 0 saturated heterocycles. The number of carbonyl (C=O) groups is 1. The fraction of sp³-hybridized carbons (Fsp3) is 0.938. The highest BCUT2D eigenvalue weighted by Crippen LogP contribution is 2.22. The lowest BCUT2D eigenvalue weighted by atomic mass is 10.1. The van der Waals surface area contributed by atoms with Crippen LogP contribution in [0.4, 0.5) is 4.39 Å². The first-order valence-electron chi connectivity index (χ1n) is 7.89. The molecule has 0 aromatic carbocycles. The Morgan fingerprint density at radius 1 is 1.15 bits per heavy atom. The van der Waals surface area contributed by atoms with Crippen LogP contribution < -0.4 is 0 Å². The van der Waals surface area contributed by atoms with E-state index >= 15 is 0 Å². The lowest BCUT2D eigenvalue weighted by Gasteiger charge is -2.16. The van der Waals surface area contributed by atoms with E-state index in [0.717, 1.165) is 37.9 Å². The van der Waals surface area contributed by atoms with Crippen LogP contribution >= 0.6 is 11.8 Å². The number of halogens is 1. The van der Waals surface area contributed by atoms with Crippen molar-refractivity contribution in [3.63, 3.8) is 0 Å². The molecule has 0 heterocycles. The van der Waals surface area contributed by atoms with E-state index in [2.05, 4.69) is 6.92 Å². The topological polar surface area (TPSA) is 26.3 Å². The van der Waals surface area contributed by atoms with Crippen LogP contribution in [0.5, 0.6) is 0 Å². The van der Waals surface area contributed by atoms with Crippen molar-refractivity contribution in [3.8, 4) is 0 Å². The van der Waals surface area contributed by atoms with Gasteiger partial charge in [-0.2, -0.15) is 0 Å². The smallest absolute Gasteiger partial charge is 0.319 e. The highest BCUT2D eigenvalue weighted by molar-refractivity contribution is 8.00. The van der Waals surface area contributed by atoms with Crippen LogP contribution in [0.25, 0.3) is 0 Å². The van der Waals surface area contributed by atoms with Gasteiger partial charge < -0.3 is 4.74 Å². The third-order valence-electron chi connectivity index (χ3n) is 2.96. The molecule has 4 heteroatoms. The van der Waals surface area contributed by atoms with Gasteiger partial charge in [0, 0.05) is 0 Å². The Morgan fingerprint density at radius 3 is 2.40 bits per heavy atom. The largest absolute Gasteiger partial charge is 0.465 e. The second-order valence-corrected chi connectivity index (χ2v) is 7.11. The van der Waals surface area contributed by atoms with Gasteiger partial charge in [0.25, 0.3) is 0 Å². The van der Waals surface area contributed by atoms with Gasteiger partial charge in [-0.1, -0.05) is 40.0 Å². The Hall–Kier alpha value is -0.250. The first kappa shape index (κ1) is 19.8. The maximum atomic E-state index is 12.7. The van der Waals surface area contributed by atoms with E-state index in [9.17, 15) is 9.18 Å². The van der Waals surface area contributed by atoms with Crippen molar-refractivity contribution in [2.45, 2.75) is 77.6 Å². The van der Waals surface area contributed by atoms with E-state index in [0.29, 0.717) is 18.9 Å². The van der Waals surface area contributed by atoms with E-state index in [1.54, 1.807) is 18.7 Å². The molecule has 0 aliphatic carbocycles. The van der Waals surface area contributed by atoms with Gasteiger partial charge in [0.05, 0.1) is 12.8 Å². The summed E-state index contributed by atoms with van der Waals surface area (Å²) in [7, 11) is 0. The van der Waals surface area contributed by atoms with Gasteiger partial charge in [-0.15, -0.1) is 11.8 Å². The summed E-state index contributed by atoms with van der Waals surface area (Å²) in [6, 6.07) is 0. The summed E-state index contributed by atoms with van der Waals surface area (Å²) in [4.78, 5) is 12.1. The highest BCUT2D eigenvalue weighted by Gasteiger charge is 2.20. The monoisotopic (exact) mass is 306 g/mol. The quantitative estimate of drug-likeness (QED) is 0.375. The highest BCUT2D eigenvalue weighted by atomic mass is 32.2. The van der Waals surface area contributed by atoms with Gasteiger partial charge in [-0.25, -0.2) is 4.39 Å². The summed E-state index contributed by atoms with van der Waals surface area (Å²) >= 11 is 1.63. The van der Waals surface area contributed by atoms with Crippen molar-refractivity contribution < 1.29 is 13.9 Å². The van der Waals surface area contributed by atoms with Crippen LogP contribution in [0.3, 0.4) is 0 Å². The molecule has 0 saturated carbocycles. The zero-order valence-corrected chi connectivity index (χ0v) is 14.3. The van der Waals surface area contributed by atoms with E-state index < -0.39 is 6.17 Å². The third kappa shape index (κ3) is 11.6. The Morgan fingerprint density at radius 2 is 1.85 bits per heavy atom. The fourth-order valence-corrected chi connectivity index (χ4v) is 2.94. The Labute approximate surface area is 128 Å². The minimum Gasteiger partial charge on any atom is -0.465 e. The maximum absolute atomic E-state index is 12.7. The first-order chi connectivity index (χ1) is 9.47. The molecule has 0 aliphatic rings. The van der Waals surface area contributed by atoms with Gasteiger partial charge in [-0.3, -0.25) is 4.79 Å². The molecular weight excluding hydrogens is 275 g/mol. The predicted molar refractivity (Wildman–Crippen MR) is 86.0 cm³/mol. The molecular formula is C16H31FO2S. The molecule has 0 radical (unpaired) electrons. The van der Waals surface area contributed by atoms with Crippen LogP contribution in [0.1, 0.15) is 66.2 Å². The Bertz CT molecular complexity index is 245. The molecule has 0 spiro atoms. The lowest BCUT2D eigenvalue weighted by Crippen LogP contribution is -2.22. The lowest BCUT2D eigenvalue weighted by molar-refractivity contribution is -0.144. The second-order valence-electron chi connectivity index (χ2n) is 5.80. The molecule has 0 aliphatic heterocycles. The van der Waals surface area contributed by atoms with Crippen LogP contribution in [0, 0.1) is 5.92 Å². The molecule has 2 atom stereocenters. The maximum Gasteiger partial charge on any atom is 0.319 e. The molecule has 0 aromatic rings. The summed E-state index contributed by atoms with van der Waals surface area (Å²) in [5.74, 6) is 1.11. The van der Waals surface area contributed by atoms with Crippen LogP contribution in [0.15, 0.2) is 0 Å². The average Bonchev–Trinajstić information content (AvgIpc) is 2.38. The normalized spacial score (nSPS) is 14.3. The van der Waals surface area contributed by atoms with E-state index in [1.807, 2.05) is 13.8 Å². The molecule has 0 amide bonds. The van der Waals surface area contributed by atoms with Crippen LogP contribution in [-0.4, -0.2) is 29.8 Å². The number of hydrogen-bond acceptors (Lipinski definition) is 3. The molecule has 120 valence electrons. The minimum absolute atomic E-state index is 0.0739. The van der Waals surface area contributed by atoms with E-state index in [-0.39, 0.29) is 11.2 Å². The van der Waals surface area contributed by atoms with Crippen molar-refractivity contribution in [1.29, 1.82) is 0 Å². The standard InChI is InChI=1S/C16H31FO2S/c1-5-6-7-10-15(16(18)19-12-13(2)3)20-11-8-9-14(4)17/h13-15H,5-12H2,1-4H3. The summed E-state index contributed by atoms with van der Waals surface area (Å²) in [6.07, 6.45) is 4.89. The number of carbonyl (C=O) groups excluding carboxylic acids is 1. The van der Waals surface area contributed by atoms with Gasteiger partial charge in [0.1, 0.15) is 5.25 Å². The molecule has 2 nitrogen and oxygen atoms in total. The second kappa shape index (κ2) is 12.5. The van der Waals surface area contributed by atoms with E-state index in [1.165, 1.54) is 0 Å². The zero-order valence-electron chi connectivity index (χ0n) is 13.5. The molecule has 2 unspecified atom stereocenters. The van der Waals surface area contributed by atoms with Gasteiger partial charge in [-0.05, 0) is 37.9 Å². The zero-order chi connectivity index (χ0) is 15.4. The Kier molecular flexibility index (Phi) is 12.3. The van der Waals surface area contributed by atoms with Crippen molar-refractivity contribution in [1.82, 2.24) is 0 Å². The molecule has 0 rings (SSSR count). The fourth-order valence-electron chi connectivity index (χ4n) is 1.78. The van der Waals surface area contributed by atoms with Crippen LogP contribution in [0.2, 0.25) is 0 Å². The number of alkyl halides is 1. The van der Waals surface area contributed by atoms with Gasteiger partial charge in [0.2, 0.25) is 0 Å². The first-order valence-corrected chi connectivity index (χ1v) is 8.94. The predicted octanol–water partition coefficient (Wildman–Crippen LogP) is 5.01. The van der Waals surface area contributed by atoms with Gasteiger partial charge in [0.15, 0.2) is 0 Å². The number of rotatable bonds is 12. The Balaban J connectivity index is 4.07. The number of thioether (sulfide) groups is 1. The summed E-state index contributed by atoms with van der Waals surface area (Å²) in [5, 5.41) is -0.0739. The molecule has 20 heavy (non-hydrogen) atoms. The van der Waals surface area contributed by atoms with Crippen molar-refractivity contribution >= 4 is 17.7 Å². The molecule has 0 bridgehead atoms. The minimum atomic E-state index is -0.748. The summed E-state index contributed by atoms with van der Waals surface area (Å²) < 4.78 is 18.1. The molecule has 0 aromatic heterocycles. The third-order valence-corrected chi connectivity index (χ3v) is 4.31. The number of esters is 1. The van der Waals surface area contributed by atoms with Crippen molar-refractivity contribution in [2.24, 2.45) is 5.92 Å². The van der Waals surface area contributed by atoms with Crippen molar-refractivity contribution in [3.05, 3.63) is 0 Å². The number of hydrogen-bond donors (Lipinski definition) is 0. The SMILES string of the molecule is CCCCCC(SCCCC(C)F)C(=O)OCC(C)C. The summed E-state index contributed by atoms with van der Waals surface area (Å²) in [6.45, 7) is 8.30. The number of ether oxygens (including phenoxy) is 1. The molecule has 0 fully saturated rings.